The predicted molar refractivity (Wildman–Crippen MR) is 81.5 cm³/mol. The molecule has 4 heteroatoms. The van der Waals surface area contributed by atoms with Crippen LogP contribution in [0.3, 0.4) is 0 Å². The van der Waals surface area contributed by atoms with Crippen molar-refractivity contribution in [3.63, 3.8) is 0 Å². The predicted octanol–water partition coefficient (Wildman–Crippen LogP) is 2.70. The molecule has 106 valence electrons. The molecule has 0 bridgehead atoms. The van der Waals surface area contributed by atoms with E-state index in [2.05, 4.69) is 17.2 Å². The van der Waals surface area contributed by atoms with Gasteiger partial charge in [0.2, 0.25) is 0 Å². The molecule has 2 aromatic carbocycles. The Balaban J connectivity index is 2.23. The largest absolute Gasteiger partial charge is 0.322 e. The summed E-state index contributed by atoms with van der Waals surface area (Å²) in [6.45, 7) is 2.12. The van der Waals surface area contributed by atoms with Gasteiger partial charge in [0.15, 0.2) is 0 Å². The van der Waals surface area contributed by atoms with Crippen LogP contribution >= 0.6 is 0 Å². The van der Waals surface area contributed by atoms with E-state index in [1.807, 2.05) is 19.1 Å². The van der Waals surface area contributed by atoms with Crippen LogP contribution in [0, 0.1) is 24.6 Å². The van der Waals surface area contributed by atoms with Crippen LogP contribution in [0.1, 0.15) is 21.5 Å². The van der Waals surface area contributed by atoms with Gasteiger partial charge in [0.05, 0.1) is 6.54 Å². The Morgan fingerprint density at radius 3 is 2.62 bits per heavy atom. The summed E-state index contributed by atoms with van der Waals surface area (Å²) >= 11 is 0. The van der Waals surface area contributed by atoms with Crippen molar-refractivity contribution in [1.82, 2.24) is 0 Å². The molecule has 0 aliphatic rings. The number of carbonyl (C=O) groups excluding carboxylic acids is 1. The average Bonchev–Trinajstić information content (AvgIpc) is 2.48. The fraction of sp³-hybridized carbons (Fsp3) is 0.118. The van der Waals surface area contributed by atoms with Crippen molar-refractivity contribution >= 4 is 11.6 Å². The van der Waals surface area contributed by atoms with Gasteiger partial charge in [-0.2, -0.15) is 0 Å². The van der Waals surface area contributed by atoms with Gasteiger partial charge in [-0.15, -0.1) is 0 Å². The van der Waals surface area contributed by atoms with Crippen molar-refractivity contribution in [2.75, 3.05) is 11.9 Å². The Labute approximate surface area is 123 Å². The fourth-order valence-electron chi connectivity index (χ4n) is 1.83. The third kappa shape index (κ3) is 3.91. The maximum atomic E-state index is 12.8. The standard InChI is InChI=1S/C17H15FN2O/c1-12-4-5-13(3-2-10-19)11-16(12)17(21)20-15-8-6-14(18)7-9-15/h4-9,11H,10,19H2,1H3,(H,20,21). The van der Waals surface area contributed by atoms with E-state index in [0.717, 1.165) is 11.1 Å². The molecule has 0 radical (unpaired) electrons. The fourth-order valence-corrected chi connectivity index (χ4v) is 1.83. The molecule has 3 N–H and O–H groups in total. The molecule has 0 aromatic heterocycles. The number of nitrogens with one attached hydrogen (secondary N) is 1. The van der Waals surface area contributed by atoms with Crippen molar-refractivity contribution in [1.29, 1.82) is 0 Å². The van der Waals surface area contributed by atoms with E-state index in [-0.39, 0.29) is 18.3 Å². The quantitative estimate of drug-likeness (QED) is 0.832. The molecule has 0 aliphatic heterocycles. The third-order valence-corrected chi connectivity index (χ3v) is 2.92. The van der Waals surface area contributed by atoms with E-state index in [1.54, 1.807) is 6.07 Å². The van der Waals surface area contributed by atoms with Crippen molar-refractivity contribution in [2.24, 2.45) is 5.73 Å². The third-order valence-electron chi connectivity index (χ3n) is 2.92. The molecule has 0 atom stereocenters. The summed E-state index contributed by atoms with van der Waals surface area (Å²) in [4.78, 5) is 12.3. The Bertz CT molecular complexity index is 712. The number of amides is 1. The van der Waals surface area contributed by atoms with Crippen molar-refractivity contribution < 1.29 is 9.18 Å². The van der Waals surface area contributed by atoms with Gasteiger partial charge in [-0.1, -0.05) is 17.9 Å². The van der Waals surface area contributed by atoms with Crippen LogP contribution < -0.4 is 11.1 Å². The van der Waals surface area contributed by atoms with Gasteiger partial charge in [0, 0.05) is 16.8 Å². The summed E-state index contributed by atoms with van der Waals surface area (Å²) in [5.74, 6) is 5.05. The lowest BCUT2D eigenvalue weighted by molar-refractivity contribution is 0.102. The highest BCUT2D eigenvalue weighted by Crippen LogP contribution is 2.14. The first kappa shape index (κ1) is 14.8. The summed E-state index contributed by atoms with van der Waals surface area (Å²) in [7, 11) is 0. The second-order valence-electron chi connectivity index (χ2n) is 4.50. The number of rotatable bonds is 2. The first-order valence-corrected chi connectivity index (χ1v) is 6.46. The van der Waals surface area contributed by atoms with Gasteiger partial charge in [-0.05, 0) is 48.9 Å². The molecular weight excluding hydrogens is 267 g/mol. The second-order valence-corrected chi connectivity index (χ2v) is 4.50. The maximum Gasteiger partial charge on any atom is 0.255 e. The van der Waals surface area contributed by atoms with E-state index in [4.69, 9.17) is 5.73 Å². The highest BCUT2D eigenvalue weighted by molar-refractivity contribution is 6.05. The Morgan fingerprint density at radius 1 is 1.24 bits per heavy atom. The molecule has 0 saturated carbocycles. The normalized spacial score (nSPS) is 9.67. The maximum absolute atomic E-state index is 12.8. The monoisotopic (exact) mass is 282 g/mol. The first-order chi connectivity index (χ1) is 10.1. The second kappa shape index (κ2) is 6.69. The Hall–Kier alpha value is -2.64. The molecule has 21 heavy (non-hydrogen) atoms. The number of anilines is 1. The molecule has 1 amide bonds. The number of hydrogen-bond donors (Lipinski definition) is 2. The molecule has 0 spiro atoms. The molecule has 0 saturated heterocycles. The molecule has 0 fully saturated rings. The summed E-state index contributed by atoms with van der Waals surface area (Å²) in [5.41, 5.74) is 7.98. The highest BCUT2D eigenvalue weighted by atomic mass is 19.1. The molecule has 0 unspecified atom stereocenters. The summed E-state index contributed by atoms with van der Waals surface area (Å²) in [6.07, 6.45) is 0. The van der Waals surface area contributed by atoms with Crippen LogP contribution in [-0.2, 0) is 0 Å². The van der Waals surface area contributed by atoms with Gasteiger partial charge >= 0.3 is 0 Å². The van der Waals surface area contributed by atoms with Crippen LogP contribution in [0.2, 0.25) is 0 Å². The van der Waals surface area contributed by atoms with Crippen LogP contribution in [0.5, 0.6) is 0 Å². The zero-order valence-corrected chi connectivity index (χ0v) is 11.6. The van der Waals surface area contributed by atoms with Crippen molar-refractivity contribution in [3.05, 3.63) is 65.0 Å². The topological polar surface area (TPSA) is 55.1 Å². The molecule has 0 aliphatic carbocycles. The Kier molecular flexibility index (Phi) is 4.70. The average molecular weight is 282 g/mol. The number of benzene rings is 2. The lowest BCUT2D eigenvalue weighted by Crippen LogP contribution is -2.13. The van der Waals surface area contributed by atoms with Crippen LogP contribution in [0.15, 0.2) is 42.5 Å². The minimum absolute atomic E-state index is 0.254. The number of aryl methyl sites for hydroxylation is 1. The van der Waals surface area contributed by atoms with Crippen molar-refractivity contribution in [2.45, 2.75) is 6.92 Å². The van der Waals surface area contributed by atoms with Crippen molar-refractivity contribution in [3.8, 4) is 11.8 Å². The number of carbonyl (C=O) groups is 1. The Morgan fingerprint density at radius 2 is 1.95 bits per heavy atom. The number of nitrogens with two attached hydrogens (primary N) is 1. The van der Waals surface area contributed by atoms with E-state index in [0.29, 0.717) is 11.3 Å². The van der Waals surface area contributed by atoms with Crippen LogP contribution in [-0.4, -0.2) is 12.5 Å². The SMILES string of the molecule is Cc1ccc(C#CCN)cc1C(=O)Nc1ccc(F)cc1. The summed E-state index contributed by atoms with van der Waals surface area (Å²) in [6, 6.07) is 11.0. The minimum Gasteiger partial charge on any atom is -0.322 e. The number of hydrogen-bond acceptors (Lipinski definition) is 2. The lowest BCUT2D eigenvalue weighted by Gasteiger charge is -2.08. The zero-order chi connectivity index (χ0) is 15.2. The minimum atomic E-state index is -0.344. The molecule has 2 aromatic rings. The number of halogens is 1. The molecule has 0 heterocycles. The van der Waals surface area contributed by atoms with Gasteiger partial charge in [-0.25, -0.2) is 4.39 Å². The molecule has 3 nitrogen and oxygen atoms in total. The van der Waals surface area contributed by atoms with Crippen LogP contribution in [0.4, 0.5) is 10.1 Å². The van der Waals surface area contributed by atoms with E-state index in [1.165, 1.54) is 24.3 Å². The van der Waals surface area contributed by atoms with E-state index < -0.39 is 0 Å². The summed E-state index contributed by atoms with van der Waals surface area (Å²) < 4.78 is 12.8. The van der Waals surface area contributed by atoms with Gasteiger partial charge in [0.25, 0.3) is 5.91 Å². The smallest absolute Gasteiger partial charge is 0.255 e. The zero-order valence-electron chi connectivity index (χ0n) is 11.6. The van der Waals surface area contributed by atoms with E-state index in [9.17, 15) is 9.18 Å². The highest BCUT2D eigenvalue weighted by Gasteiger charge is 2.10. The molecule has 2 rings (SSSR count). The van der Waals surface area contributed by atoms with Gasteiger partial charge < -0.3 is 11.1 Å². The summed E-state index contributed by atoms with van der Waals surface area (Å²) in [5, 5.41) is 2.73. The van der Waals surface area contributed by atoms with Gasteiger partial charge in [-0.3, -0.25) is 4.79 Å². The molecular formula is C17H15FN2O. The van der Waals surface area contributed by atoms with Crippen LogP contribution in [0.25, 0.3) is 0 Å². The lowest BCUT2D eigenvalue weighted by atomic mass is 10.0. The van der Waals surface area contributed by atoms with E-state index >= 15 is 0 Å². The first-order valence-electron chi connectivity index (χ1n) is 6.46. The van der Waals surface area contributed by atoms with Gasteiger partial charge in [0.1, 0.15) is 5.82 Å².